The average Bonchev–Trinajstić information content (AvgIpc) is 2.61. The van der Waals surface area contributed by atoms with Crippen molar-refractivity contribution in [2.75, 3.05) is 26.6 Å². The lowest BCUT2D eigenvalue weighted by Gasteiger charge is -2.15. The number of amides is 1. The van der Waals surface area contributed by atoms with Gasteiger partial charge in [-0.2, -0.15) is 0 Å². The lowest BCUT2D eigenvalue weighted by Crippen LogP contribution is -2.15. The highest BCUT2D eigenvalue weighted by molar-refractivity contribution is 5.92. The molecule has 0 aliphatic rings. The molecule has 0 aromatic heterocycles. The number of hydrogen-bond acceptors (Lipinski definition) is 4. The zero-order valence-corrected chi connectivity index (χ0v) is 14.5. The third kappa shape index (κ3) is 4.41. The number of carbonyl (C=O) groups excluding carboxylic acids is 1. The molecule has 1 N–H and O–H groups in total. The maximum atomic E-state index is 12.3. The molecule has 0 heterocycles. The van der Waals surface area contributed by atoms with E-state index in [9.17, 15) is 4.79 Å². The first-order valence-electron chi connectivity index (χ1n) is 7.73. The van der Waals surface area contributed by atoms with Gasteiger partial charge in [-0.15, -0.1) is 0 Å². The molecule has 5 nitrogen and oxygen atoms in total. The van der Waals surface area contributed by atoms with E-state index in [4.69, 9.17) is 14.2 Å². The molecular weight excluding hydrogens is 306 g/mol. The Labute approximate surface area is 142 Å². The molecule has 0 saturated carbocycles. The van der Waals surface area contributed by atoms with Crippen LogP contribution in [0.5, 0.6) is 17.2 Å². The molecule has 1 amide bonds. The Morgan fingerprint density at radius 1 is 0.958 bits per heavy atom. The summed E-state index contributed by atoms with van der Waals surface area (Å²) < 4.78 is 15.6. The monoisotopic (exact) mass is 329 g/mol. The van der Waals surface area contributed by atoms with Crippen LogP contribution in [0.15, 0.2) is 42.5 Å². The van der Waals surface area contributed by atoms with Crippen molar-refractivity contribution in [2.45, 2.75) is 19.3 Å². The fourth-order valence-electron chi connectivity index (χ4n) is 2.43. The third-order valence-electron chi connectivity index (χ3n) is 3.86. The standard InChI is InChI=1S/C19H23NO4/c1-13(14-5-7-15(22-2)8-6-14)11-19(21)20-17-10-9-16(23-3)12-18(17)24-4/h5-10,12-13H,11H2,1-4H3,(H,20,21). The topological polar surface area (TPSA) is 56.8 Å². The number of methoxy groups -OCH3 is 3. The SMILES string of the molecule is COc1ccc(C(C)CC(=O)Nc2ccc(OC)cc2OC)cc1. The third-order valence-corrected chi connectivity index (χ3v) is 3.86. The number of rotatable bonds is 7. The van der Waals surface area contributed by atoms with E-state index in [0.29, 0.717) is 23.6 Å². The first kappa shape index (κ1) is 17.7. The van der Waals surface area contributed by atoms with Crippen LogP contribution >= 0.6 is 0 Å². The van der Waals surface area contributed by atoms with Crippen LogP contribution in [0, 0.1) is 0 Å². The van der Waals surface area contributed by atoms with Gasteiger partial charge in [-0.3, -0.25) is 4.79 Å². The van der Waals surface area contributed by atoms with Crippen molar-refractivity contribution in [3.63, 3.8) is 0 Å². The van der Waals surface area contributed by atoms with E-state index in [1.165, 1.54) is 0 Å². The maximum absolute atomic E-state index is 12.3. The van der Waals surface area contributed by atoms with Gasteiger partial charge in [-0.05, 0) is 35.7 Å². The number of anilines is 1. The Hall–Kier alpha value is -2.69. The maximum Gasteiger partial charge on any atom is 0.225 e. The smallest absolute Gasteiger partial charge is 0.225 e. The second kappa shape index (κ2) is 8.24. The van der Waals surface area contributed by atoms with Crippen molar-refractivity contribution in [3.8, 4) is 17.2 Å². The lowest BCUT2D eigenvalue weighted by atomic mass is 9.97. The quantitative estimate of drug-likeness (QED) is 0.838. The van der Waals surface area contributed by atoms with Gasteiger partial charge in [0.25, 0.3) is 0 Å². The molecule has 1 atom stereocenters. The van der Waals surface area contributed by atoms with Crippen LogP contribution in [0.2, 0.25) is 0 Å². The van der Waals surface area contributed by atoms with E-state index in [0.717, 1.165) is 11.3 Å². The van der Waals surface area contributed by atoms with Gasteiger partial charge in [-0.25, -0.2) is 0 Å². The Morgan fingerprint density at radius 3 is 2.17 bits per heavy atom. The highest BCUT2D eigenvalue weighted by Crippen LogP contribution is 2.30. The van der Waals surface area contributed by atoms with E-state index >= 15 is 0 Å². The molecule has 2 aromatic carbocycles. The van der Waals surface area contributed by atoms with Crippen LogP contribution in [0.1, 0.15) is 24.8 Å². The number of nitrogens with one attached hydrogen (secondary N) is 1. The normalized spacial score (nSPS) is 11.5. The summed E-state index contributed by atoms with van der Waals surface area (Å²) in [5.41, 5.74) is 1.72. The van der Waals surface area contributed by atoms with Gasteiger partial charge >= 0.3 is 0 Å². The lowest BCUT2D eigenvalue weighted by molar-refractivity contribution is -0.116. The molecule has 0 aliphatic carbocycles. The summed E-state index contributed by atoms with van der Waals surface area (Å²) in [6.07, 6.45) is 0.377. The first-order valence-corrected chi connectivity index (χ1v) is 7.73. The predicted octanol–water partition coefficient (Wildman–Crippen LogP) is 3.84. The van der Waals surface area contributed by atoms with Crippen molar-refractivity contribution >= 4 is 11.6 Å². The number of hydrogen-bond donors (Lipinski definition) is 1. The zero-order chi connectivity index (χ0) is 17.5. The summed E-state index contributed by atoms with van der Waals surface area (Å²) in [4.78, 5) is 12.3. The van der Waals surface area contributed by atoms with Gasteiger partial charge in [0.1, 0.15) is 17.2 Å². The summed E-state index contributed by atoms with van der Waals surface area (Å²) >= 11 is 0. The first-order chi connectivity index (χ1) is 11.6. The van der Waals surface area contributed by atoms with Crippen LogP contribution in [-0.4, -0.2) is 27.2 Å². The van der Waals surface area contributed by atoms with Crippen molar-refractivity contribution in [2.24, 2.45) is 0 Å². The minimum Gasteiger partial charge on any atom is -0.497 e. The molecule has 0 saturated heterocycles. The van der Waals surface area contributed by atoms with Crippen LogP contribution in [0.4, 0.5) is 5.69 Å². The minimum atomic E-state index is -0.0678. The molecule has 0 radical (unpaired) electrons. The molecule has 5 heteroatoms. The molecule has 0 aliphatic heterocycles. The Balaban J connectivity index is 2.01. The van der Waals surface area contributed by atoms with E-state index in [1.54, 1.807) is 39.5 Å². The second-order valence-corrected chi connectivity index (χ2v) is 5.49. The number of carbonyl (C=O) groups is 1. The highest BCUT2D eigenvalue weighted by Gasteiger charge is 2.14. The largest absolute Gasteiger partial charge is 0.497 e. The van der Waals surface area contributed by atoms with Crippen LogP contribution in [0.25, 0.3) is 0 Å². The summed E-state index contributed by atoms with van der Waals surface area (Å²) in [5.74, 6) is 2.08. The number of ether oxygens (including phenoxy) is 3. The summed E-state index contributed by atoms with van der Waals surface area (Å²) in [6, 6.07) is 13.0. The Bertz CT molecular complexity index is 682. The predicted molar refractivity (Wildman–Crippen MR) is 94.2 cm³/mol. The van der Waals surface area contributed by atoms with Gasteiger partial charge in [-0.1, -0.05) is 19.1 Å². The summed E-state index contributed by atoms with van der Waals surface area (Å²) in [6.45, 7) is 2.02. The fraction of sp³-hybridized carbons (Fsp3) is 0.316. The van der Waals surface area contributed by atoms with Crippen molar-refractivity contribution in [1.82, 2.24) is 0 Å². The molecular formula is C19H23NO4. The van der Waals surface area contributed by atoms with Gasteiger partial charge in [0, 0.05) is 12.5 Å². The van der Waals surface area contributed by atoms with Crippen LogP contribution in [-0.2, 0) is 4.79 Å². The minimum absolute atomic E-state index is 0.0678. The Kier molecular flexibility index (Phi) is 6.07. The average molecular weight is 329 g/mol. The van der Waals surface area contributed by atoms with Crippen LogP contribution < -0.4 is 19.5 Å². The molecule has 128 valence electrons. The van der Waals surface area contributed by atoms with Crippen molar-refractivity contribution in [1.29, 1.82) is 0 Å². The summed E-state index contributed by atoms with van der Waals surface area (Å²) in [7, 11) is 4.78. The molecule has 0 bridgehead atoms. The highest BCUT2D eigenvalue weighted by atomic mass is 16.5. The van der Waals surface area contributed by atoms with E-state index in [2.05, 4.69) is 5.32 Å². The summed E-state index contributed by atoms with van der Waals surface area (Å²) in [5, 5.41) is 2.89. The van der Waals surface area contributed by atoms with E-state index < -0.39 is 0 Å². The van der Waals surface area contributed by atoms with Crippen LogP contribution in [0.3, 0.4) is 0 Å². The van der Waals surface area contributed by atoms with E-state index in [-0.39, 0.29) is 11.8 Å². The van der Waals surface area contributed by atoms with E-state index in [1.807, 2.05) is 31.2 Å². The van der Waals surface area contributed by atoms with Crippen molar-refractivity contribution < 1.29 is 19.0 Å². The zero-order valence-electron chi connectivity index (χ0n) is 14.5. The van der Waals surface area contributed by atoms with Gasteiger partial charge in [0.15, 0.2) is 0 Å². The van der Waals surface area contributed by atoms with Gasteiger partial charge in [0.05, 0.1) is 27.0 Å². The number of benzene rings is 2. The van der Waals surface area contributed by atoms with Crippen molar-refractivity contribution in [3.05, 3.63) is 48.0 Å². The molecule has 0 spiro atoms. The van der Waals surface area contributed by atoms with Gasteiger partial charge < -0.3 is 19.5 Å². The van der Waals surface area contributed by atoms with Gasteiger partial charge in [0.2, 0.25) is 5.91 Å². The molecule has 0 fully saturated rings. The molecule has 24 heavy (non-hydrogen) atoms. The molecule has 2 aromatic rings. The second-order valence-electron chi connectivity index (χ2n) is 5.49. The molecule has 2 rings (SSSR count). The fourth-order valence-corrected chi connectivity index (χ4v) is 2.43. The molecule has 1 unspecified atom stereocenters. The Morgan fingerprint density at radius 2 is 1.58 bits per heavy atom.